The average Bonchev–Trinajstić information content (AvgIpc) is 3.02. The first-order chi connectivity index (χ1) is 8.81. The highest BCUT2D eigenvalue weighted by molar-refractivity contribution is 5.34. The first kappa shape index (κ1) is 10.5. The van der Waals surface area contributed by atoms with E-state index in [4.69, 9.17) is 5.73 Å². The fourth-order valence-electron chi connectivity index (χ4n) is 1.76. The number of hydrogen-bond donors (Lipinski definition) is 1. The maximum absolute atomic E-state index is 5.52. The zero-order valence-corrected chi connectivity index (χ0v) is 9.64. The van der Waals surface area contributed by atoms with Gasteiger partial charge in [-0.15, -0.1) is 5.10 Å². The van der Waals surface area contributed by atoms with Gasteiger partial charge >= 0.3 is 0 Å². The molecule has 0 aliphatic heterocycles. The highest BCUT2D eigenvalue weighted by Gasteiger charge is 1.99. The largest absolute Gasteiger partial charge is 0.381 e. The Morgan fingerprint density at radius 1 is 1.17 bits per heavy atom. The SMILES string of the molecule is Nc1cn(Cc2ccc(-n3ccnc3)cc2)nn1. The Morgan fingerprint density at radius 2 is 2.00 bits per heavy atom. The number of benzene rings is 1. The van der Waals surface area contributed by atoms with Gasteiger partial charge in [0.05, 0.1) is 19.1 Å². The van der Waals surface area contributed by atoms with Crippen LogP contribution in [-0.4, -0.2) is 24.5 Å². The van der Waals surface area contributed by atoms with E-state index in [-0.39, 0.29) is 0 Å². The summed E-state index contributed by atoms with van der Waals surface area (Å²) in [4.78, 5) is 4.02. The summed E-state index contributed by atoms with van der Waals surface area (Å²) in [6, 6.07) is 8.18. The topological polar surface area (TPSA) is 74.5 Å². The lowest BCUT2D eigenvalue weighted by atomic mass is 10.2. The molecule has 0 atom stereocenters. The summed E-state index contributed by atoms with van der Waals surface area (Å²) >= 11 is 0. The number of nitrogen functional groups attached to an aromatic ring is 1. The number of nitrogens with zero attached hydrogens (tertiary/aromatic N) is 5. The zero-order chi connectivity index (χ0) is 12.4. The van der Waals surface area contributed by atoms with Crippen LogP contribution in [-0.2, 0) is 6.54 Å². The van der Waals surface area contributed by atoms with Crippen molar-refractivity contribution in [2.45, 2.75) is 6.54 Å². The minimum absolute atomic E-state index is 0.435. The number of nitrogens with two attached hydrogens (primary N) is 1. The fraction of sp³-hybridized carbons (Fsp3) is 0.0833. The van der Waals surface area contributed by atoms with E-state index in [0.29, 0.717) is 12.4 Å². The Bertz CT molecular complexity index is 623. The quantitative estimate of drug-likeness (QED) is 0.743. The highest BCUT2D eigenvalue weighted by atomic mass is 15.4. The monoisotopic (exact) mass is 240 g/mol. The third-order valence-electron chi connectivity index (χ3n) is 2.64. The van der Waals surface area contributed by atoms with Gasteiger partial charge in [-0.05, 0) is 17.7 Å². The maximum atomic E-state index is 5.52. The highest BCUT2D eigenvalue weighted by Crippen LogP contribution is 2.10. The molecule has 3 rings (SSSR count). The minimum Gasteiger partial charge on any atom is -0.381 e. The summed E-state index contributed by atoms with van der Waals surface area (Å²) in [7, 11) is 0. The van der Waals surface area contributed by atoms with E-state index in [1.807, 2.05) is 35.0 Å². The van der Waals surface area contributed by atoms with Crippen LogP contribution in [0.1, 0.15) is 5.56 Å². The molecule has 0 bridgehead atoms. The minimum atomic E-state index is 0.435. The Balaban J connectivity index is 1.79. The molecule has 6 heteroatoms. The Morgan fingerprint density at radius 3 is 2.61 bits per heavy atom. The number of anilines is 1. The van der Waals surface area contributed by atoms with E-state index in [1.165, 1.54) is 0 Å². The molecule has 0 aliphatic carbocycles. The molecule has 2 heterocycles. The second kappa shape index (κ2) is 4.33. The van der Waals surface area contributed by atoms with Gasteiger partial charge in [0, 0.05) is 18.1 Å². The fourth-order valence-corrected chi connectivity index (χ4v) is 1.76. The van der Waals surface area contributed by atoms with Gasteiger partial charge in [-0.3, -0.25) is 0 Å². The molecule has 0 aliphatic rings. The first-order valence-corrected chi connectivity index (χ1v) is 5.54. The van der Waals surface area contributed by atoms with Gasteiger partial charge in [-0.2, -0.15) is 0 Å². The van der Waals surface area contributed by atoms with Crippen LogP contribution >= 0.6 is 0 Å². The molecule has 0 amide bonds. The molecular weight excluding hydrogens is 228 g/mol. The van der Waals surface area contributed by atoms with E-state index < -0.39 is 0 Å². The lowest BCUT2D eigenvalue weighted by molar-refractivity contribution is 0.649. The van der Waals surface area contributed by atoms with Crippen LogP contribution in [0.3, 0.4) is 0 Å². The average molecular weight is 240 g/mol. The van der Waals surface area contributed by atoms with Crippen LogP contribution in [0, 0.1) is 0 Å². The molecular formula is C12H12N6. The van der Waals surface area contributed by atoms with Crippen molar-refractivity contribution in [1.82, 2.24) is 24.5 Å². The molecule has 0 unspecified atom stereocenters. The van der Waals surface area contributed by atoms with E-state index >= 15 is 0 Å². The summed E-state index contributed by atoms with van der Waals surface area (Å²) in [5.74, 6) is 0.435. The molecule has 0 radical (unpaired) electrons. The molecule has 1 aromatic carbocycles. The van der Waals surface area contributed by atoms with Gasteiger partial charge in [-0.25, -0.2) is 9.67 Å². The molecule has 18 heavy (non-hydrogen) atoms. The van der Waals surface area contributed by atoms with Crippen LogP contribution in [0.25, 0.3) is 5.69 Å². The number of hydrogen-bond acceptors (Lipinski definition) is 4. The van der Waals surface area contributed by atoms with Crippen molar-refractivity contribution in [3.8, 4) is 5.69 Å². The van der Waals surface area contributed by atoms with Crippen LogP contribution in [0.5, 0.6) is 0 Å². The van der Waals surface area contributed by atoms with Gasteiger partial charge in [0.1, 0.15) is 0 Å². The summed E-state index contributed by atoms with van der Waals surface area (Å²) in [5.41, 5.74) is 7.74. The number of imidazole rings is 1. The number of aromatic nitrogens is 5. The maximum Gasteiger partial charge on any atom is 0.165 e. The first-order valence-electron chi connectivity index (χ1n) is 5.54. The van der Waals surface area contributed by atoms with E-state index in [2.05, 4.69) is 15.3 Å². The van der Waals surface area contributed by atoms with Crippen molar-refractivity contribution >= 4 is 5.82 Å². The van der Waals surface area contributed by atoms with Crippen LogP contribution in [0.4, 0.5) is 5.82 Å². The lowest BCUT2D eigenvalue weighted by Gasteiger charge is -2.04. The van der Waals surface area contributed by atoms with Crippen molar-refractivity contribution in [1.29, 1.82) is 0 Å². The Hall–Kier alpha value is -2.63. The Kier molecular flexibility index (Phi) is 2.53. The normalized spacial score (nSPS) is 10.7. The number of rotatable bonds is 3. The van der Waals surface area contributed by atoms with E-state index in [1.54, 1.807) is 23.4 Å². The molecule has 2 aromatic heterocycles. The second-order valence-electron chi connectivity index (χ2n) is 3.98. The van der Waals surface area contributed by atoms with Gasteiger partial charge in [0.2, 0.25) is 0 Å². The standard InChI is InChI=1S/C12H12N6/c13-12-8-18(16-15-12)7-10-1-3-11(4-2-10)17-6-5-14-9-17/h1-6,8-9H,7,13H2. The van der Waals surface area contributed by atoms with E-state index in [0.717, 1.165) is 11.3 Å². The predicted molar refractivity (Wildman–Crippen MR) is 67.1 cm³/mol. The van der Waals surface area contributed by atoms with Crippen molar-refractivity contribution in [3.63, 3.8) is 0 Å². The molecule has 6 nitrogen and oxygen atoms in total. The van der Waals surface area contributed by atoms with Gasteiger partial charge < -0.3 is 10.3 Å². The Labute approximate surface area is 104 Å². The van der Waals surface area contributed by atoms with Crippen LogP contribution in [0.2, 0.25) is 0 Å². The van der Waals surface area contributed by atoms with Crippen molar-refractivity contribution in [2.75, 3.05) is 5.73 Å². The van der Waals surface area contributed by atoms with E-state index in [9.17, 15) is 0 Å². The molecule has 0 fully saturated rings. The zero-order valence-electron chi connectivity index (χ0n) is 9.64. The summed E-state index contributed by atoms with van der Waals surface area (Å²) in [6.45, 7) is 0.661. The molecule has 2 N–H and O–H groups in total. The van der Waals surface area contributed by atoms with Crippen LogP contribution < -0.4 is 5.73 Å². The summed E-state index contributed by atoms with van der Waals surface area (Å²) in [5, 5.41) is 7.66. The van der Waals surface area contributed by atoms with Crippen molar-refractivity contribution < 1.29 is 0 Å². The molecule has 3 aromatic rings. The molecule has 0 saturated carbocycles. The second-order valence-corrected chi connectivity index (χ2v) is 3.98. The molecule has 90 valence electrons. The lowest BCUT2D eigenvalue weighted by Crippen LogP contribution is -2.00. The van der Waals surface area contributed by atoms with Gasteiger partial charge in [-0.1, -0.05) is 17.3 Å². The summed E-state index contributed by atoms with van der Waals surface area (Å²) < 4.78 is 3.67. The van der Waals surface area contributed by atoms with Gasteiger partial charge in [0.25, 0.3) is 0 Å². The predicted octanol–water partition coefficient (Wildman–Crippen LogP) is 1.09. The van der Waals surface area contributed by atoms with Crippen molar-refractivity contribution in [2.24, 2.45) is 0 Å². The molecule has 0 spiro atoms. The van der Waals surface area contributed by atoms with Crippen molar-refractivity contribution in [3.05, 3.63) is 54.7 Å². The van der Waals surface area contributed by atoms with Crippen LogP contribution in [0.15, 0.2) is 49.2 Å². The third kappa shape index (κ3) is 2.08. The summed E-state index contributed by atoms with van der Waals surface area (Å²) in [6.07, 6.45) is 7.15. The third-order valence-corrected chi connectivity index (χ3v) is 2.64. The smallest absolute Gasteiger partial charge is 0.165 e. The van der Waals surface area contributed by atoms with Gasteiger partial charge in [0.15, 0.2) is 5.82 Å². The molecule has 0 saturated heterocycles.